The van der Waals surface area contributed by atoms with Crippen LogP contribution in [0.2, 0.25) is 0 Å². The van der Waals surface area contributed by atoms with Crippen LogP contribution in [0.4, 0.5) is 0 Å². The van der Waals surface area contributed by atoms with Gasteiger partial charge in [0.05, 0.1) is 6.04 Å². The highest BCUT2D eigenvalue weighted by molar-refractivity contribution is 5.95. The number of rotatable bonds is 13. The highest BCUT2D eigenvalue weighted by Crippen LogP contribution is 2.41. The third-order valence-electron chi connectivity index (χ3n) is 9.45. The number of nitrogens with zero attached hydrogens (tertiary/aromatic N) is 2. The number of aliphatic carboxylic acids is 1. The number of amides is 3. The summed E-state index contributed by atoms with van der Waals surface area (Å²) >= 11 is 0. The van der Waals surface area contributed by atoms with Crippen molar-refractivity contribution in [2.45, 2.75) is 82.0 Å². The minimum Gasteiger partial charge on any atom is -0.480 e. The van der Waals surface area contributed by atoms with E-state index in [0.29, 0.717) is 69.3 Å². The van der Waals surface area contributed by atoms with Crippen LogP contribution in [0, 0.1) is 0 Å². The Morgan fingerprint density at radius 3 is 2.27 bits per heavy atom. The molecular weight excluding hydrogens is 624 g/mol. The van der Waals surface area contributed by atoms with Crippen LogP contribution in [0.1, 0.15) is 62.1 Å². The Bertz CT molecular complexity index is 1630. The molecule has 4 atom stereocenters. The van der Waals surface area contributed by atoms with E-state index in [4.69, 9.17) is 10.5 Å². The Kier molecular flexibility index (Phi) is 11.5. The van der Waals surface area contributed by atoms with Gasteiger partial charge in [0, 0.05) is 19.5 Å². The summed E-state index contributed by atoms with van der Waals surface area (Å²) in [4.78, 5) is 68.1. The third kappa shape index (κ3) is 8.17. The molecule has 0 aromatic heterocycles. The van der Waals surface area contributed by atoms with Gasteiger partial charge in [-0.25, -0.2) is 9.59 Å². The van der Waals surface area contributed by atoms with E-state index in [1.165, 1.54) is 9.80 Å². The first-order valence-electron chi connectivity index (χ1n) is 16.9. The number of hydrogen-bond acceptors (Lipinski definition) is 7. The highest BCUT2D eigenvalue weighted by Gasteiger charge is 2.53. The average Bonchev–Trinajstić information content (AvgIpc) is 3.79. The average molecular weight is 669 g/mol. The van der Waals surface area contributed by atoms with Crippen LogP contribution in [0.25, 0.3) is 0 Å². The molecule has 2 aliphatic rings. The van der Waals surface area contributed by atoms with Crippen molar-refractivity contribution < 1.29 is 33.8 Å². The van der Waals surface area contributed by atoms with Crippen molar-refractivity contribution in [3.05, 3.63) is 102 Å². The van der Waals surface area contributed by atoms with Crippen molar-refractivity contribution in [1.82, 2.24) is 15.1 Å². The predicted molar refractivity (Wildman–Crippen MR) is 182 cm³/mol. The summed E-state index contributed by atoms with van der Waals surface area (Å²) in [6.45, 7) is 2.37. The zero-order valence-electron chi connectivity index (χ0n) is 27.8. The maximum Gasteiger partial charge on any atom is 0.342 e. The molecule has 0 bridgehead atoms. The highest BCUT2D eigenvalue weighted by atomic mass is 16.5. The lowest BCUT2D eigenvalue weighted by atomic mass is 9.86. The van der Waals surface area contributed by atoms with E-state index in [-0.39, 0.29) is 12.3 Å². The molecule has 0 unspecified atom stereocenters. The number of benzene rings is 3. The fraction of sp³-hybridized carbons (Fsp3) is 0.395. The molecule has 258 valence electrons. The van der Waals surface area contributed by atoms with Gasteiger partial charge in [0.2, 0.25) is 17.7 Å². The third-order valence-corrected chi connectivity index (χ3v) is 9.45. The van der Waals surface area contributed by atoms with Crippen molar-refractivity contribution in [3.8, 4) is 5.75 Å². The van der Waals surface area contributed by atoms with Crippen LogP contribution in [0.3, 0.4) is 0 Å². The first-order valence-corrected chi connectivity index (χ1v) is 16.9. The van der Waals surface area contributed by atoms with E-state index in [1.54, 1.807) is 31.2 Å². The molecule has 2 heterocycles. The summed E-state index contributed by atoms with van der Waals surface area (Å²) in [7, 11) is 0. The smallest absolute Gasteiger partial charge is 0.342 e. The molecular formula is C38H44N4O7. The van der Waals surface area contributed by atoms with Crippen LogP contribution in [-0.2, 0) is 42.4 Å². The summed E-state index contributed by atoms with van der Waals surface area (Å²) in [5.74, 6) is -2.26. The van der Waals surface area contributed by atoms with Crippen LogP contribution < -0.4 is 15.8 Å². The zero-order valence-corrected chi connectivity index (χ0v) is 27.8. The van der Waals surface area contributed by atoms with Gasteiger partial charge in [0.1, 0.15) is 17.8 Å². The Hall–Kier alpha value is -5.03. The maximum absolute atomic E-state index is 14.1. The number of hydrogen-bond donors (Lipinski definition) is 3. The molecule has 2 aliphatic heterocycles. The number of ether oxygens (including phenoxy) is 1. The van der Waals surface area contributed by atoms with Crippen molar-refractivity contribution in [2.24, 2.45) is 5.73 Å². The van der Waals surface area contributed by atoms with Gasteiger partial charge in [-0.15, -0.1) is 0 Å². The SMILES string of the molecule is C[C@H](NC(=O)[C@@H](N)Cc1ccccc1)C(=O)N1CCC[C@]1(C(=O)Oc1ccc(CCCC(=O)N2CCC[C@H]2C(=O)O)cc1)c1ccccc1. The molecule has 5 rings (SSSR count). The lowest BCUT2D eigenvalue weighted by molar-refractivity contribution is -0.156. The second-order valence-electron chi connectivity index (χ2n) is 12.8. The van der Waals surface area contributed by atoms with E-state index in [0.717, 1.165) is 11.1 Å². The molecule has 11 nitrogen and oxygen atoms in total. The first-order chi connectivity index (χ1) is 23.6. The van der Waals surface area contributed by atoms with Gasteiger partial charge in [-0.3, -0.25) is 14.4 Å². The van der Waals surface area contributed by atoms with Crippen molar-refractivity contribution in [1.29, 1.82) is 0 Å². The second-order valence-corrected chi connectivity index (χ2v) is 12.8. The molecule has 11 heteroatoms. The molecule has 0 saturated carbocycles. The van der Waals surface area contributed by atoms with Crippen LogP contribution in [0.5, 0.6) is 5.75 Å². The van der Waals surface area contributed by atoms with Gasteiger partial charge in [-0.1, -0.05) is 72.8 Å². The minimum absolute atomic E-state index is 0.152. The molecule has 0 spiro atoms. The summed E-state index contributed by atoms with van der Waals surface area (Å²) in [6.07, 6.45) is 3.81. The van der Waals surface area contributed by atoms with E-state index in [1.807, 2.05) is 60.7 Å². The quantitative estimate of drug-likeness (QED) is 0.184. The number of carboxylic acids is 1. The Labute approximate surface area is 286 Å². The standard InChI is InChI=1S/C38H44N4O7/c1-26(40-34(44)31(39)25-28-11-4-2-5-12-28)35(45)42-24-10-22-38(42,29-14-6-3-7-15-29)37(48)49-30-20-18-27(19-21-30)13-8-17-33(43)41-23-9-16-32(41)36(46)47/h2-7,11-12,14-15,18-21,26,31-32H,8-10,13,16-17,22-25,39H2,1H3,(H,40,44)(H,46,47)/t26-,31-,32-,38+/m0/s1. The summed E-state index contributed by atoms with van der Waals surface area (Å²) in [6, 6.07) is 23.0. The van der Waals surface area contributed by atoms with Gasteiger partial charge in [0.25, 0.3) is 0 Å². The molecule has 4 N–H and O–H groups in total. The van der Waals surface area contributed by atoms with Crippen LogP contribution in [0.15, 0.2) is 84.9 Å². The lowest BCUT2D eigenvalue weighted by Crippen LogP contribution is -2.58. The number of carboxylic acid groups (broad SMARTS) is 1. The van der Waals surface area contributed by atoms with Gasteiger partial charge in [-0.2, -0.15) is 0 Å². The number of esters is 1. The molecule has 3 aromatic rings. The van der Waals surface area contributed by atoms with Crippen LogP contribution in [-0.4, -0.2) is 75.8 Å². The van der Waals surface area contributed by atoms with E-state index >= 15 is 0 Å². The number of nitrogens with two attached hydrogens (primary N) is 1. The lowest BCUT2D eigenvalue weighted by Gasteiger charge is -2.38. The van der Waals surface area contributed by atoms with E-state index in [2.05, 4.69) is 5.32 Å². The van der Waals surface area contributed by atoms with Crippen molar-refractivity contribution in [2.75, 3.05) is 13.1 Å². The monoisotopic (exact) mass is 668 g/mol. The molecule has 3 aromatic carbocycles. The van der Waals surface area contributed by atoms with Gasteiger partial charge in [-0.05, 0) is 80.7 Å². The molecule has 0 radical (unpaired) electrons. The molecule has 49 heavy (non-hydrogen) atoms. The number of likely N-dealkylation sites (tertiary alicyclic amines) is 2. The predicted octanol–water partition coefficient (Wildman–Crippen LogP) is 3.58. The van der Waals surface area contributed by atoms with Crippen molar-refractivity contribution >= 4 is 29.7 Å². The number of aryl methyl sites for hydroxylation is 1. The fourth-order valence-electron chi connectivity index (χ4n) is 6.86. The van der Waals surface area contributed by atoms with Gasteiger partial charge >= 0.3 is 11.9 Å². The summed E-state index contributed by atoms with van der Waals surface area (Å²) < 4.78 is 5.94. The number of carbonyl (C=O) groups is 5. The Morgan fingerprint density at radius 1 is 0.918 bits per heavy atom. The van der Waals surface area contributed by atoms with Gasteiger partial charge in [0.15, 0.2) is 5.54 Å². The molecule has 3 amide bonds. The summed E-state index contributed by atoms with van der Waals surface area (Å²) in [5.41, 5.74) is 7.24. The Morgan fingerprint density at radius 2 is 1.59 bits per heavy atom. The molecule has 2 saturated heterocycles. The maximum atomic E-state index is 14.1. The largest absolute Gasteiger partial charge is 0.480 e. The minimum atomic E-state index is -1.40. The number of carbonyl (C=O) groups excluding carboxylic acids is 4. The van der Waals surface area contributed by atoms with Crippen molar-refractivity contribution in [3.63, 3.8) is 0 Å². The fourth-order valence-corrected chi connectivity index (χ4v) is 6.86. The zero-order chi connectivity index (χ0) is 35.0. The topological polar surface area (TPSA) is 159 Å². The molecule has 0 aliphatic carbocycles. The van der Waals surface area contributed by atoms with Crippen LogP contribution >= 0.6 is 0 Å². The van der Waals surface area contributed by atoms with E-state index in [9.17, 15) is 29.1 Å². The molecule has 2 fully saturated rings. The van der Waals surface area contributed by atoms with E-state index < -0.39 is 47.4 Å². The Balaban J connectivity index is 1.23. The number of nitrogens with one attached hydrogen (secondary N) is 1. The normalized spacial score (nSPS) is 20.0. The van der Waals surface area contributed by atoms with Gasteiger partial charge < -0.3 is 30.7 Å². The summed E-state index contributed by atoms with van der Waals surface area (Å²) in [5, 5.41) is 12.1. The first kappa shape index (κ1) is 35.3. The second kappa shape index (κ2) is 15.9.